The van der Waals surface area contributed by atoms with E-state index >= 15 is 0 Å². The first-order valence-corrected chi connectivity index (χ1v) is 11.5. The average Bonchev–Trinajstić information content (AvgIpc) is 2.69. The van der Waals surface area contributed by atoms with E-state index in [4.69, 9.17) is 0 Å². The molecule has 0 saturated carbocycles. The van der Waals surface area contributed by atoms with Gasteiger partial charge in [-0.05, 0) is 61.6 Å². The highest BCUT2D eigenvalue weighted by atomic mass is 32.2. The monoisotopic (exact) mass is 404 g/mol. The fourth-order valence-electron chi connectivity index (χ4n) is 2.96. The SMILES string of the molecule is Cc1ccc(N(C)S(=O)(=O)c2cccc(C(=O)NC3CCSCC3)c2)cc1. The summed E-state index contributed by atoms with van der Waals surface area (Å²) in [6.45, 7) is 1.95. The van der Waals surface area contributed by atoms with Gasteiger partial charge in [0, 0.05) is 18.7 Å². The molecule has 0 aromatic heterocycles. The number of hydrogen-bond donors (Lipinski definition) is 1. The molecule has 2 aromatic rings. The molecule has 1 saturated heterocycles. The van der Waals surface area contributed by atoms with Crippen LogP contribution >= 0.6 is 11.8 Å². The Morgan fingerprint density at radius 2 is 1.78 bits per heavy atom. The molecule has 0 bridgehead atoms. The third kappa shape index (κ3) is 4.65. The average molecular weight is 405 g/mol. The maximum atomic E-state index is 13.0. The molecule has 5 nitrogen and oxygen atoms in total. The lowest BCUT2D eigenvalue weighted by molar-refractivity contribution is 0.0934. The smallest absolute Gasteiger partial charge is 0.264 e. The van der Waals surface area contributed by atoms with Gasteiger partial charge in [0.2, 0.25) is 0 Å². The van der Waals surface area contributed by atoms with Crippen LogP contribution in [-0.4, -0.2) is 38.9 Å². The van der Waals surface area contributed by atoms with Crippen LogP contribution in [0.5, 0.6) is 0 Å². The van der Waals surface area contributed by atoms with Crippen molar-refractivity contribution >= 4 is 33.4 Å². The Kier molecular flexibility index (Phi) is 6.11. The Hall–Kier alpha value is -1.99. The summed E-state index contributed by atoms with van der Waals surface area (Å²) < 4.78 is 27.2. The number of nitrogens with zero attached hydrogens (tertiary/aromatic N) is 1. The van der Waals surface area contributed by atoms with Crippen molar-refractivity contribution in [2.45, 2.75) is 30.7 Å². The Morgan fingerprint density at radius 3 is 2.44 bits per heavy atom. The van der Waals surface area contributed by atoms with Crippen LogP contribution in [0.25, 0.3) is 0 Å². The molecule has 0 spiro atoms. The number of amides is 1. The molecule has 0 atom stereocenters. The van der Waals surface area contributed by atoms with Crippen LogP contribution in [-0.2, 0) is 10.0 Å². The number of benzene rings is 2. The molecule has 0 aliphatic carbocycles. The van der Waals surface area contributed by atoms with Crippen LogP contribution in [0, 0.1) is 6.92 Å². The number of carbonyl (C=O) groups is 1. The molecule has 1 N–H and O–H groups in total. The second-order valence-electron chi connectivity index (χ2n) is 6.70. The third-order valence-corrected chi connectivity index (χ3v) is 7.54. The first kappa shape index (κ1) is 19.8. The third-order valence-electron chi connectivity index (χ3n) is 4.71. The summed E-state index contributed by atoms with van der Waals surface area (Å²) in [6, 6.07) is 13.7. The van der Waals surface area contributed by atoms with Crippen LogP contribution in [0.4, 0.5) is 5.69 Å². The van der Waals surface area contributed by atoms with Crippen molar-refractivity contribution in [1.82, 2.24) is 5.32 Å². The first-order chi connectivity index (χ1) is 12.9. The molecule has 27 heavy (non-hydrogen) atoms. The number of rotatable bonds is 5. The Bertz CT molecular complexity index is 905. The topological polar surface area (TPSA) is 66.5 Å². The Balaban J connectivity index is 1.80. The van der Waals surface area contributed by atoms with E-state index in [1.807, 2.05) is 30.8 Å². The highest BCUT2D eigenvalue weighted by molar-refractivity contribution is 7.99. The van der Waals surface area contributed by atoms with Crippen LogP contribution in [0.2, 0.25) is 0 Å². The van der Waals surface area contributed by atoms with Gasteiger partial charge in [-0.15, -0.1) is 0 Å². The molecule has 0 unspecified atom stereocenters. The molecule has 1 fully saturated rings. The summed E-state index contributed by atoms with van der Waals surface area (Å²) in [7, 11) is -2.22. The van der Waals surface area contributed by atoms with Crippen molar-refractivity contribution in [1.29, 1.82) is 0 Å². The molecule has 1 aliphatic rings. The van der Waals surface area contributed by atoms with Crippen molar-refractivity contribution in [3.05, 3.63) is 59.7 Å². The van der Waals surface area contributed by atoms with E-state index in [2.05, 4.69) is 5.32 Å². The van der Waals surface area contributed by atoms with Crippen molar-refractivity contribution < 1.29 is 13.2 Å². The fourth-order valence-corrected chi connectivity index (χ4v) is 5.31. The molecule has 1 amide bonds. The van der Waals surface area contributed by atoms with Crippen molar-refractivity contribution in [2.75, 3.05) is 22.9 Å². The van der Waals surface area contributed by atoms with Gasteiger partial charge in [-0.25, -0.2) is 8.42 Å². The highest BCUT2D eigenvalue weighted by Gasteiger charge is 2.23. The van der Waals surface area contributed by atoms with E-state index in [1.165, 1.54) is 23.5 Å². The zero-order valence-corrected chi connectivity index (χ0v) is 17.1. The fraction of sp³-hybridized carbons (Fsp3) is 0.350. The maximum absolute atomic E-state index is 13.0. The van der Waals surface area contributed by atoms with Crippen molar-refractivity contribution in [3.8, 4) is 0 Å². The number of nitrogens with one attached hydrogen (secondary N) is 1. The second-order valence-corrected chi connectivity index (χ2v) is 9.89. The predicted octanol–water partition coefficient (Wildman–Crippen LogP) is 3.45. The quantitative estimate of drug-likeness (QED) is 0.829. The van der Waals surface area contributed by atoms with Crippen LogP contribution in [0.1, 0.15) is 28.8 Å². The number of thioether (sulfide) groups is 1. The molecule has 7 heteroatoms. The second kappa shape index (κ2) is 8.35. The van der Waals surface area contributed by atoms with Crippen molar-refractivity contribution in [2.24, 2.45) is 0 Å². The molecular formula is C20H24N2O3S2. The minimum absolute atomic E-state index is 0.109. The first-order valence-electron chi connectivity index (χ1n) is 8.92. The van der Waals surface area contributed by atoms with Gasteiger partial charge in [-0.1, -0.05) is 23.8 Å². The van der Waals surface area contributed by atoms with Gasteiger partial charge in [-0.2, -0.15) is 11.8 Å². The van der Waals surface area contributed by atoms with E-state index in [1.54, 1.807) is 24.3 Å². The zero-order chi connectivity index (χ0) is 19.4. The molecule has 1 heterocycles. The number of sulfonamides is 1. The molecular weight excluding hydrogens is 380 g/mol. The lowest BCUT2D eigenvalue weighted by Crippen LogP contribution is -2.37. The summed E-state index contributed by atoms with van der Waals surface area (Å²) in [4.78, 5) is 12.7. The van der Waals surface area contributed by atoms with Gasteiger partial charge in [0.15, 0.2) is 0 Å². The van der Waals surface area contributed by atoms with Gasteiger partial charge < -0.3 is 5.32 Å². The normalized spacial score (nSPS) is 15.3. The summed E-state index contributed by atoms with van der Waals surface area (Å²) in [6.07, 6.45) is 1.90. The summed E-state index contributed by atoms with van der Waals surface area (Å²) >= 11 is 1.89. The molecule has 0 radical (unpaired) electrons. The molecule has 1 aliphatic heterocycles. The Labute approximate surface area is 165 Å². The minimum Gasteiger partial charge on any atom is -0.349 e. The van der Waals surface area contributed by atoms with Gasteiger partial charge >= 0.3 is 0 Å². The summed E-state index contributed by atoms with van der Waals surface area (Å²) in [5, 5.41) is 3.02. The van der Waals surface area contributed by atoms with E-state index in [0.29, 0.717) is 11.3 Å². The van der Waals surface area contributed by atoms with Gasteiger partial charge in [0.25, 0.3) is 15.9 Å². The summed E-state index contributed by atoms with van der Waals surface area (Å²) in [5.74, 6) is 1.86. The van der Waals surface area contributed by atoms with Gasteiger partial charge in [0.05, 0.1) is 10.6 Å². The lowest BCUT2D eigenvalue weighted by atomic mass is 10.1. The van der Waals surface area contributed by atoms with Crippen molar-refractivity contribution in [3.63, 3.8) is 0 Å². The standard InChI is InChI=1S/C20H24N2O3S2/c1-15-6-8-18(9-7-15)22(2)27(24,25)19-5-3-4-16(14-19)20(23)21-17-10-12-26-13-11-17/h3-9,14,17H,10-13H2,1-2H3,(H,21,23). The van der Waals surface area contributed by atoms with Gasteiger partial charge in [0.1, 0.15) is 0 Å². The van der Waals surface area contributed by atoms with Crippen LogP contribution < -0.4 is 9.62 Å². The van der Waals surface area contributed by atoms with E-state index < -0.39 is 10.0 Å². The van der Waals surface area contributed by atoms with E-state index in [-0.39, 0.29) is 16.8 Å². The summed E-state index contributed by atoms with van der Waals surface area (Å²) in [5.41, 5.74) is 2.01. The predicted molar refractivity (Wildman–Crippen MR) is 111 cm³/mol. The highest BCUT2D eigenvalue weighted by Crippen LogP contribution is 2.23. The number of carbonyl (C=O) groups excluding carboxylic acids is 1. The lowest BCUT2D eigenvalue weighted by Gasteiger charge is -2.23. The van der Waals surface area contributed by atoms with Crippen LogP contribution in [0.15, 0.2) is 53.4 Å². The van der Waals surface area contributed by atoms with E-state index in [9.17, 15) is 13.2 Å². The Morgan fingerprint density at radius 1 is 1.11 bits per heavy atom. The zero-order valence-electron chi connectivity index (χ0n) is 15.5. The number of anilines is 1. The van der Waals surface area contributed by atoms with E-state index in [0.717, 1.165) is 29.9 Å². The van der Waals surface area contributed by atoms with Gasteiger partial charge in [-0.3, -0.25) is 9.10 Å². The minimum atomic E-state index is -3.74. The van der Waals surface area contributed by atoms with Crippen LogP contribution in [0.3, 0.4) is 0 Å². The molecule has 3 rings (SSSR count). The molecule has 144 valence electrons. The number of aryl methyl sites for hydroxylation is 1. The molecule has 2 aromatic carbocycles. The number of hydrogen-bond acceptors (Lipinski definition) is 4. The maximum Gasteiger partial charge on any atom is 0.264 e. The largest absolute Gasteiger partial charge is 0.349 e.